The molecule has 4 rings (SSSR count). The van der Waals surface area contributed by atoms with Crippen LogP contribution in [0.1, 0.15) is 52.9 Å². The van der Waals surface area contributed by atoms with E-state index in [0.717, 1.165) is 18.4 Å². The fourth-order valence-corrected chi connectivity index (χ4v) is 6.78. The van der Waals surface area contributed by atoms with E-state index in [0.29, 0.717) is 6.42 Å². The number of fused-ring (bicyclic) bond motifs is 5. The second-order valence-electron chi connectivity index (χ2n) is 9.64. The van der Waals surface area contributed by atoms with Crippen molar-refractivity contribution in [1.29, 1.82) is 0 Å². The molecule has 0 heterocycles. The number of Topliss-reactive ketones (excluding diaryl/α,β-unsaturated/α-hetero) is 2. The zero-order valence-electron chi connectivity index (χ0n) is 17.2. The lowest BCUT2D eigenvalue weighted by molar-refractivity contribution is -0.172. The summed E-state index contributed by atoms with van der Waals surface area (Å²) >= 11 is 0. The lowest BCUT2D eigenvalue weighted by atomic mass is 9.46. The summed E-state index contributed by atoms with van der Waals surface area (Å²) in [6.45, 7) is 4.64. The zero-order valence-corrected chi connectivity index (χ0v) is 17.2. The van der Waals surface area contributed by atoms with E-state index in [4.69, 9.17) is 4.74 Å². The maximum atomic E-state index is 13.4. The van der Waals surface area contributed by atoms with Crippen LogP contribution >= 0.6 is 0 Å². The molecular weight excluding hydrogens is 372 g/mol. The molecule has 156 valence electrons. The number of ether oxygens (including phenoxy) is 1. The predicted molar refractivity (Wildman–Crippen MR) is 104 cm³/mol. The SMILES string of the molecule is CC(=O)OCC(=O)[C@@]1(O)CCC2C3CCC4=CC(=O)C=CC4(C)C3C(=O)CC21C. The van der Waals surface area contributed by atoms with Crippen molar-refractivity contribution in [3.05, 3.63) is 23.8 Å². The Hall–Kier alpha value is -2.08. The fraction of sp³-hybridized carbons (Fsp3) is 0.652. The van der Waals surface area contributed by atoms with Gasteiger partial charge in [0.25, 0.3) is 0 Å². The van der Waals surface area contributed by atoms with Gasteiger partial charge in [0.05, 0.1) is 0 Å². The molecule has 0 radical (unpaired) electrons. The van der Waals surface area contributed by atoms with E-state index in [-0.39, 0.29) is 42.2 Å². The largest absolute Gasteiger partial charge is 0.458 e. The molecule has 3 fully saturated rings. The normalized spacial score (nSPS) is 43.2. The highest BCUT2D eigenvalue weighted by atomic mass is 16.5. The van der Waals surface area contributed by atoms with Crippen molar-refractivity contribution in [3.63, 3.8) is 0 Å². The first-order chi connectivity index (χ1) is 13.5. The van der Waals surface area contributed by atoms with Gasteiger partial charge >= 0.3 is 5.97 Å². The second-order valence-corrected chi connectivity index (χ2v) is 9.64. The number of aliphatic hydroxyl groups is 1. The lowest BCUT2D eigenvalue weighted by Crippen LogP contribution is -2.60. The summed E-state index contributed by atoms with van der Waals surface area (Å²) in [6, 6.07) is 0. The van der Waals surface area contributed by atoms with Crippen LogP contribution < -0.4 is 0 Å². The van der Waals surface area contributed by atoms with Crippen molar-refractivity contribution < 1.29 is 29.0 Å². The molecule has 0 bridgehead atoms. The van der Waals surface area contributed by atoms with E-state index < -0.39 is 34.8 Å². The monoisotopic (exact) mass is 400 g/mol. The van der Waals surface area contributed by atoms with E-state index in [1.807, 2.05) is 19.9 Å². The Kier molecular flexibility index (Phi) is 4.50. The van der Waals surface area contributed by atoms with E-state index in [9.17, 15) is 24.3 Å². The topological polar surface area (TPSA) is 97.7 Å². The molecule has 6 atom stereocenters. The van der Waals surface area contributed by atoms with Gasteiger partial charge in [-0.25, -0.2) is 0 Å². The van der Waals surface area contributed by atoms with Gasteiger partial charge in [-0.1, -0.05) is 25.5 Å². The number of carbonyl (C=O) groups is 4. The molecule has 0 aromatic heterocycles. The van der Waals surface area contributed by atoms with Crippen LogP contribution in [0.4, 0.5) is 0 Å². The summed E-state index contributed by atoms with van der Waals surface area (Å²) < 4.78 is 4.85. The quantitative estimate of drug-likeness (QED) is 0.730. The Labute approximate surface area is 170 Å². The maximum Gasteiger partial charge on any atom is 0.303 e. The minimum Gasteiger partial charge on any atom is -0.458 e. The van der Waals surface area contributed by atoms with Crippen LogP contribution in [0.15, 0.2) is 23.8 Å². The average Bonchev–Trinajstić information content (AvgIpc) is 2.91. The van der Waals surface area contributed by atoms with Crippen LogP contribution in [0, 0.1) is 28.6 Å². The Morgan fingerprint density at radius 2 is 1.97 bits per heavy atom. The third-order valence-electron chi connectivity index (χ3n) is 8.28. The molecule has 0 saturated heterocycles. The number of hydrogen-bond acceptors (Lipinski definition) is 6. The third kappa shape index (κ3) is 2.71. The standard InChI is InChI=1S/C23H28O6/c1-13(24)29-12-19(27)23(28)9-7-17-16-5-4-14-10-15(25)6-8-21(14,2)20(16)18(26)11-22(17,23)3/h6,8,10,16-17,20,28H,4-5,7,9,11-12H2,1-3H3/t16?,17?,20?,21?,22?,23-/m0/s1. The summed E-state index contributed by atoms with van der Waals surface area (Å²) in [5.74, 6) is -1.24. The summed E-state index contributed by atoms with van der Waals surface area (Å²) in [4.78, 5) is 49.2. The molecule has 0 aromatic rings. The Morgan fingerprint density at radius 1 is 1.24 bits per heavy atom. The van der Waals surface area contributed by atoms with Crippen LogP contribution in [-0.4, -0.2) is 40.6 Å². The first-order valence-corrected chi connectivity index (χ1v) is 10.4. The van der Waals surface area contributed by atoms with Gasteiger partial charge in [0, 0.05) is 30.1 Å². The molecule has 0 spiro atoms. The molecule has 0 aromatic carbocycles. The van der Waals surface area contributed by atoms with Crippen LogP contribution in [0.3, 0.4) is 0 Å². The van der Waals surface area contributed by atoms with Crippen LogP contribution in [0.5, 0.6) is 0 Å². The molecule has 4 aliphatic rings. The van der Waals surface area contributed by atoms with Crippen molar-refractivity contribution >= 4 is 23.3 Å². The van der Waals surface area contributed by atoms with Crippen molar-refractivity contribution in [2.45, 2.75) is 58.5 Å². The first kappa shape index (κ1) is 20.2. The highest BCUT2D eigenvalue weighted by Gasteiger charge is 2.68. The summed E-state index contributed by atoms with van der Waals surface area (Å²) in [5, 5.41) is 11.4. The van der Waals surface area contributed by atoms with Crippen molar-refractivity contribution in [2.75, 3.05) is 6.61 Å². The number of hydrogen-bond donors (Lipinski definition) is 1. The van der Waals surface area contributed by atoms with Gasteiger partial charge in [0.2, 0.25) is 5.78 Å². The molecular formula is C23H28O6. The number of esters is 1. The first-order valence-electron chi connectivity index (χ1n) is 10.4. The van der Waals surface area contributed by atoms with Gasteiger partial charge in [0.15, 0.2) is 12.4 Å². The van der Waals surface area contributed by atoms with Gasteiger partial charge in [-0.2, -0.15) is 0 Å². The highest BCUT2D eigenvalue weighted by Crippen LogP contribution is 2.66. The molecule has 6 nitrogen and oxygen atoms in total. The molecule has 0 amide bonds. The van der Waals surface area contributed by atoms with E-state index in [1.54, 1.807) is 12.2 Å². The second kappa shape index (κ2) is 6.46. The van der Waals surface area contributed by atoms with Gasteiger partial charge in [-0.3, -0.25) is 19.2 Å². The number of ketones is 3. The molecule has 3 saturated carbocycles. The van der Waals surface area contributed by atoms with Crippen molar-refractivity contribution in [1.82, 2.24) is 0 Å². The zero-order chi connectivity index (χ0) is 21.2. The van der Waals surface area contributed by atoms with Crippen LogP contribution in [0.2, 0.25) is 0 Å². The molecule has 5 unspecified atom stereocenters. The number of allylic oxidation sites excluding steroid dienone is 4. The number of rotatable bonds is 3. The van der Waals surface area contributed by atoms with E-state index in [2.05, 4.69) is 0 Å². The van der Waals surface area contributed by atoms with Gasteiger partial charge in [-0.15, -0.1) is 0 Å². The molecule has 4 aliphatic carbocycles. The molecule has 1 N–H and O–H groups in total. The maximum absolute atomic E-state index is 13.4. The Morgan fingerprint density at radius 3 is 2.66 bits per heavy atom. The van der Waals surface area contributed by atoms with Gasteiger partial charge in [-0.05, 0) is 49.7 Å². The van der Waals surface area contributed by atoms with E-state index >= 15 is 0 Å². The van der Waals surface area contributed by atoms with Crippen LogP contribution in [0.25, 0.3) is 0 Å². The molecule has 6 heteroatoms. The van der Waals surface area contributed by atoms with E-state index in [1.165, 1.54) is 6.92 Å². The number of carbonyl (C=O) groups excluding carboxylic acids is 4. The third-order valence-corrected chi connectivity index (χ3v) is 8.28. The Bertz CT molecular complexity index is 869. The summed E-state index contributed by atoms with van der Waals surface area (Å²) in [5.41, 5.74) is -1.99. The summed E-state index contributed by atoms with van der Waals surface area (Å²) in [6.07, 6.45) is 7.68. The Balaban J connectivity index is 1.67. The highest BCUT2D eigenvalue weighted by molar-refractivity contribution is 6.02. The minimum atomic E-state index is -1.66. The average molecular weight is 400 g/mol. The molecule has 0 aliphatic heterocycles. The van der Waals surface area contributed by atoms with Crippen molar-refractivity contribution in [2.24, 2.45) is 28.6 Å². The summed E-state index contributed by atoms with van der Waals surface area (Å²) in [7, 11) is 0. The molecule has 29 heavy (non-hydrogen) atoms. The lowest BCUT2D eigenvalue weighted by Gasteiger charge is -2.56. The van der Waals surface area contributed by atoms with Gasteiger partial charge in [0.1, 0.15) is 11.4 Å². The van der Waals surface area contributed by atoms with Crippen molar-refractivity contribution in [3.8, 4) is 0 Å². The predicted octanol–water partition coefficient (Wildman–Crippen LogP) is 2.34. The van der Waals surface area contributed by atoms with Gasteiger partial charge < -0.3 is 9.84 Å². The fourth-order valence-electron chi connectivity index (χ4n) is 6.78. The minimum absolute atomic E-state index is 0.0286. The smallest absolute Gasteiger partial charge is 0.303 e. The van der Waals surface area contributed by atoms with Crippen LogP contribution in [-0.2, 0) is 23.9 Å².